The van der Waals surface area contributed by atoms with Crippen molar-refractivity contribution in [3.05, 3.63) is 74.6 Å². The number of hydrogen-bond acceptors (Lipinski definition) is 3. The number of rotatable bonds is 5. The summed E-state index contributed by atoms with van der Waals surface area (Å²) in [6.07, 6.45) is 1.29. The number of hydrogen-bond donors (Lipinski definition) is 1. The first-order valence-electron chi connectivity index (χ1n) is 6.52. The van der Waals surface area contributed by atoms with Crippen molar-refractivity contribution in [3.8, 4) is 6.07 Å². The first-order chi connectivity index (χ1) is 10.9. The molecule has 0 spiro atoms. The summed E-state index contributed by atoms with van der Waals surface area (Å²) in [5.41, 5.74) is 1.31. The number of nitrogens with one attached hydrogen (secondary N) is 1. The lowest BCUT2D eigenvalue weighted by atomic mass is 10.2. The molecule has 4 nitrogen and oxygen atoms in total. The second-order valence-corrected chi connectivity index (χ2v) is 7.23. The molecule has 0 aromatic heterocycles. The molecule has 2 aromatic rings. The number of benzene rings is 2. The highest BCUT2D eigenvalue weighted by atomic mass is 35.5. The SMILES string of the molecule is N#CC(=Cc1ccc(Cl)cc1)S(=O)(=O)NCc1ccc(Cl)cc1. The maximum Gasteiger partial charge on any atom is 0.251 e. The first kappa shape index (κ1) is 17.5. The minimum atomic E-state index is -3.91. The molecule has 2 rings (SSSR count). The summed E-state index contributed by atoms with van der Waals surface area (Å²) in [7, 11) is -3.91. The van der Waals surface area contributed by atoms with Gasteiger partial charge in [0.25, 0.3) is 10.0 Å². The maximum atomic E-state index is 12.2. The molecule has 0 fully saturated rings. The molecule has 0 atom stereocenters. The summed E-state index contributed by atoms with van der Waals surface area (Å²) in [6.45, 7) is 0.0686. The van der Waals surface area contributed by atoms with Crippen molar-refractivity contribution >= 4 is 39.3 Å². The van der Waals surface area contributed by atoms with E-state index in [1.54, 1.807) is 54.6 Å². The van der Waals surface area contributed by atoms with Crippen LogP contribution in [0.1, 0.15) is 11.1 Å². The largest absolute Gasteiger partial charge is 0.251 e. The van der Waals surface area contributed by atoms with E-state index in [4.69, 9.17) is 28.5 Å². The molecule has 0 bridgehead atoms. The Balaban J connectivity index is 2.17. The molecule has 1 N–H and O–H groups in total. The molecule has 0 aliphatic heterocycles. The third-order valence-corrected chi connectivity index (χ3v) is 4.76. The molecule has 7 heteroatoms. The van der Waals surface area contributed by atoms with Crippen molar-refractivity contribution < 1.29 is 8.42 Å². The zero-order valence-corrected chi connectivity index (χ0v) is 14.2. The molecule has 0 amide bonds. The topological polar surface area (TPSA) is 70.0 Å². The third kappa shape index (κ3) is 5.08. The first-order valence-corrected chi connectivity index (χ1v) is 8.76. The Bertz CT molecular complexity index is 852. The highest BCUT2D eigenvalue weighted by Gasteiger charge is 2.17. The molecular weight excluding hydrogens is 355 g/mol. The molecule has 0 heterocycles. The molecule has 0 radical (unpaired) electrons. The van der Waals surface area contributed by atoms with Crippen LogP contribution in [0.15, 0.2) is 53.4 Å². The van der Waals surface area contributed by atoms with E-state index in [0.717, 1.165) is 5.56 Å². The van der Waals surface area contributed by atoms with Gasteiger partial charge < -0.3 is 0 Å². The van der Waals surface area contributed by atoms with Gasteiger partial charge in [-0.15, -0.1) is 0 Å². The molecule has 23 heavy (non-hydrogen) atoms. The third-order valence-electron chi connectivity index (χ3n) is 2.95. The van der Waals surface area contributed by atoms with Gasteiger partial charge in [0, 0.05) is 16.6 Å². The Morgan fingerprint density at radius 2 is 1.57 bits per heavy atom. The van der Waals surface area contributed by atoms with Gasteiger partial charge in [-0.2, -0.15) is 5.26 Å². The van der Waals surface area contributed by atoms with Crippen LogP contribution in [0.4, 0.5) is 0 Å². The van der Waals surface area contributed by atoms with Gasteiger partial charge in [-0.1, -0.05) is 47.5 Å². The van der Waals surface area contributed by atoms with Gasteiger partial charge in [0.2, 0.25) is 0 Å². The van der Waals surface area contributed by atoms with Gasteiger partial charge in [0.1, 0.15) is 6.07 Å². The zero-order valence-electron chi connectivity index (χ0n) is 11.8. The molecule has 0 aliphatic rings. The van der Waals surface area contributed by atoms with Crippen LogP contribution in [-0.2, 0) is 16.6 Å². The standard InChI is InChI=1S/C16H12Cl2N2O2S/c17-14-5-1-12(2-6-14)9-16(10-19)23(21,22)20-11-13-3-7-15(18)8-4-13/h1-9,20H,11H2. The lowest BCUT2D eigenvalue weighted by Crippen LogP contribution is -2.24. The smallest absolute Gasteiger partial charge is 0.206 e. The highest BCUT2D eigenvalue weighted by Crippen LogP contribution is 2.15. The minimum absolute atomic E-state index is 0.0686. The van der Waals surface area contributed by atoms with Crippen molar-refractivity contribution in [2.75, 3.05) is 0 Å². The van der Waals surface area contributed by atoms with Crippen molar-refractivity contribution in [2.45, 2.75) is 6.54 Å². The summed E-state index contributed by atoms with van der Waals surface area (Å²) in [5.74, 6) is 0. The number of allylic oxidation sites excluding steroid dienone is 1. The lowest BCUT2D eigenvalue weighted by molar-refractivity contribution is 0.589. The van der Waals surface area contributed by atoms with E-state index in [1.807, 2.05) is 0 Å². The predicted molar refractivity (Wildman–Crippen MR) is 92.3 cm³/mol. The highest BCUT2D eigenvalue weighted by molar-refractivity contribution is 7.93. The van der Waals surface area contributed by atoms with E-state index in [-0.39, 0.29) is 11.4 Å². The van der Waals surface area contributed by atoms with E-state index in [0.29, 0.717) is 15.6 Å². The normalized spacial score (nSPS) is 12.0. The van der Waals surface area contributed by atoms with E-state index in [1.165, 1.54) is 6.08 Å². The average molecular weight is 367 g/mol. The molecule has 2 aromatic carbocycles. The van der Waals surface area contributed by atoms with Crippen molar-refractivity contribution in [1.82, 2.24) is 4.72 Å². The van der Waals surface area contributed by atoms with Gasteiger partial charge >= 0.3 is 0 Å². The predicted octanol–water partition coefficient (Wildman–Crippen LogP) is 3.98. The van der Waals surface area contributed by atoms with Gasteiger partial charge in [0.05, 0.1) is 0 Å². The summed E-state index contributed by atoms with van der Waals surface area (Å²) in [5, 5.41) is 10.2. The summed E-state index contributed by atoms with van der Waals surface area (Å²) >= 11 is 11.6. The molecule has 0 saturated heterocycles. The molecule has 0 saturated carbocycles. The molecular formula is C16H12Cl2N2O2S. The number of sulfonamides is 1. The zero-order chi connectivity index (χ0) is 16.9. The van der Waals surface area contributed by atoms with Crippen LogP contribution in [0.5, 0.6) is 0 Å². The molecule has 0 unspecified atom stereocenters. The second-order valence-electron chi connectivity index (χ2n) is 4.62. The fourth-order valence-corrected chi connectivity index (χ4v) is 2.91. The fraction of sp³-hybridized carbons (Fsp3) is 0.0625. The van der Waals surface area contributed by atoms with Crippen LogP contribution in [0, 0.1) is 11.3 Å². The molecule has 0 aliphatic carbocycles. The van der Waals surface area contributed by atoms with Crippen LogP contribution >= 0.6 is 23.2 Å². The quantitative estimate of drug-likeness (QED) is 0.813. The Morgan fingerprint density at radius 1 is 1.04 bits per heavy atom. The Hall–Kier alpha value is -1.84. The van der Waals surface area contributed by atoms with Crippen molar-refractivity contribution in [1.29, 1.82) is 5.26 Å². The van der Waals surface area contributed by atoms with E-state index >= 15 is 0 Å². The van der Waals surface area contributed by atoms with Crippen LogP contribution in [0.3, 0.4) is 0 Å². The number of nitriles is 1. The average Bonchev–Trinajstić information content (AvgIpc) is 2.53. The maximum absolute atomic E-state index is 12.2. The van der Waals surface area contributed by atoms with Gasteiger partial charge in [-0.05, 0) is 41.5 Å². The van der Waals surface area contributed by atoms with Gasteiger partial charge in [-0.3, -0.25) is 0 Å². The summed E-state index contributed by atoms with van der Waals surface area (Å²) in [4.78, 5) is -0.367. The number of nitrogens with zero attached hydrogens (tertiary/aromatic N) is 1. The fourth-order valence-electron chi connectivity index (χ4n) is 1.74. The van der Waals surface area contributed by atoms with Gasteiger partial charge in [0.15, 0.2) is 4.91 Å². The van der Waals surface area contributed by atoms with E-state index in [2.05, 4.69) is 4.72 Å². The van der Waals surface area contributed by atoms with E-state index in [9.17, 15) is 8.42 Å². The second kappa shape index (κ2) is 7.62. The summed E-state index contributed by atoms with van der Waals surface area (Å²) in [6, 6.07) is 15.0. The Morgan fingerprint density at radius 3 is 2.09 bits per heavy atom. The Labute approximate surface area is 145 Å². The monoisotopic (exact) mass is 366 g/mol. The van der Waals surface area contributed by atoms with Crippen LogP contribution < -0.4 is 4.72 Å². The van der Waals surface area contributed by atoms with E-state index < -0.39 is 10.0 Å². The van der Waals surface area contributed by atoms with Crippen molar-refractivity contribution in [3.63, 3.8) is 0 Å². The Kier molecular flexibility index (Phi) is 5.80. The van der Waals surface area contributed by atoms with Crippen LogP contribution in [0.2, 0.25) is 10.0 Å². The van der Waals surface area contributed by atoms with Gasteiger partial charge in [-0.25, -0.2) is 13.1 Å². The summed E-state index contributed by atoms with van der Waals surface area (Å²) < 4.78 is 26.8. The van der Waals surface area contributed by atoms with Crippen LogP contribution in [-0.4, -0.2) is 8.42 Å². The van der Waals surface area contributed by atoms with Crippen molar-refractivity contribution in [2.24, 2.45) is 0 Å². The number of halogens is 2. The minimum Gasteiger partial charge on any atom is -0.206 e. The molecule has 118 valence electrons. The van der Waals surface area contributed by atoms with Crippen LogP contribution in [0.25, 0.3) is 6.08 Å². The lowest BCUT2D eigenvalue weighted by Gasteiger charge is -2.06.